The third-order valence-electron chi connectivity index (χ3n) is 3.39. The number of rotatable bonds is 6. The van der Waals surface area contributed by atoms with Gasteiger partial charge in [0.2, 0.25) is 0 Å². The van der Waals surface area contributed by atoms with Gasteiger partial charge in [-0.05, 0) is 36.8 Å². The Morgan fingerprint density at radius 2 is 1.88 bits per heavy atom. The van der Waals surface area contributed by atoms with Gasteiger partial charge in [0.1, 0.15) is 5.75 Å². The Labute approximate surface area is 141 Å². The Bertz CT molecular complexity index is 748. The number of halogens is 3. The first-order valence-electron chi connectivity index (χ1n) is 7.18. The van der Waals surface area contributed by atoms with E-state index in [9.17, 15) is 28.4 Å². The zero-order chi connectivity index (χ0) is 18.6. The third-order valence-corrected chi connectivity index (χ3v) is 3.39. The van der Waals surface area contributed by atoms with Gasteiger partial charge in [-0.15, -0.1) is 13.2 Å². The van der Waals surface area contributed by atoms with Gasteiger partial charge >= 0.3 is 6.36 Å². The summed E-state index contributed by atoms with van der Waals surface area (Å²) in [6, 6.07) is 9.32. The second-order valence-corrected chi connectivity index (χ2v) is 5.27. The molecule has 0 heterocycles. The van der Waals surface area contributed by atoms with Crippen LogP contribution in [-0.2, 0) is 0 Å². The number of hydrogen-bond acceptors (Lipinski definition) is 5. The molecule has 2 N–H and O–H groups in total. The molecule has 0 radical (unpaired) electrons. The van der Waals surface area contributed by atoms with Crippen molar-refractivity contribution >= 4 is 11.4 Å². The number of nitro groups is 1. The molecule has 0 aliphatic rings. The monoisotopic (exact) mass is 356 g/mol. The summed E-state index contributed by atoms with van der Waals surface area (Å²) in [7, 11) is 0. The first kappa shape index (κ1) is 18.5. The van der Waals surface area contributed by atoms with E-state index in [1.165, 1.54) is 24.3 Å². The van der Waals surface area contributed by atoms with Crippen molar-refractivity contribution in [3.05, 3.63) is 63.7 Å². The van der Waals surface area contributed by atoms with Crippen molar-refractivity contribution in [2.24, 2.45) is 0 Å². The SMILES string of the molecule is Cc1cc(NCC(O)c2ccc(OC(F)(F)F)cc2)ccc1[N+](=O)[O-]. The molecule has 0 saturated heterocycles. The number of ether oxygens (including phenoxy) is 1. The van der Waals surface area contributed by atoms with Crippen LogP contribution >= 0.6 is 0 Å². The van der Waals surface area contributed by atoms with Crippen LogP contribution in [0.15, 0.2) is 42.5 Å². The summed E-state index contributed by atoms with van der Waals surface area (Å²) in [6.45, 7) is 1.68. The predicted molar refractivity (Wildman–Crippen MR) is 84.4 cm³/mol. The fraction of sp³-hybridized carbons (Fsp3) is 0.250. The topological polar surface area (TPSA) is 84.6 Å². The van der Waals surface area contributed by atoms with Crippen LogP contribution in [0.3, 0.4) is 0 Å². The van der Waals surface area contributed by atoms with E-state index in [-0.39, 0.29) is 18.0 Å². The second kappa shape index (κ2) is 7.39. The largest absolute Gasteiger partial charge is 0.573 e. The summed E-state index contributed by atoms with van der Waals surface area (Å²) in [6.07, 6.45) is -5.74. The molecule has 0 fully saturated rings. The van der Waals surface area contributed by atoms with E-state index in [0.717, 1.165) is 12.1 Å². The van der Waals surface area contributed by atoms with E-state index >= 15 is 0 Å². The van der Waals surface area contributed by atoms with Crippen molar-refractivity contribution < 1.29 is 27.9 Å². The lowest BCUT2D eigenvalue weighted by Crippen LogP contribution is -2.17. The van der Waals surface area contributed by atoms with Gasteiger partial charge in [-0.2, -0.15) is 0 Å². The van der Waals surface area contributed by atoms with E-state index in [1.807, 2.05) is 0 Å². The van der Waals surface area contributed by atoms with Crippen molar-refractivity contribution in [1.82, 2.24) is 0 Å². The number of nitro benzene ring substituents is 1. The van der Waals surface area contributed by atoms with Crippen LogP contribution in [0.25, 0.3) is 0 Å². The summed E-state index contributed by atoms with van der Waals surface area (Å²) in [5, 5.41) is 23.8. The molecule has 1 atom stereocenters. The molecule has 0 aromatic heterocycles. The number of aliphatic hydroxyl groups excluding tert-OH is 1. The Kier molecular flexibility index (Phi) is 5.48. The number of nitrogens with one attached hydrogen (secondary N) is 1. The number of aryl methyl sites for hydroxylation is 1. The van der Waals surface area contributed by atoms with Crippen LogP contribution < -0.4 is 10.1 Å². The van der Waals surface area contributed by atoms with Crippen molar-refractivity contribution in [1.29, 1.82) is 0 Å². The molecule has 0 aliphatic carbocycles. The summed E-state index contributed by atoms with van der Waals surface area (Å²) in [4.78, 5) is 10.3. The minimum Gasteiger partial charge on any atom is -0.406 e. The lowest BCUT2D eigenvalue weighted by Gasteiger charge is -2.15. The third kappa shape index (κ3) is 5.35. The molecule has 0 amide bonds. The van der Waals surface area contributed by atoms with E-state index < -0.39 is 17.4 Å². The fourth-order valence-electron chi connectivity index (χ4n) is 2.19. The molecular formula is C16H15F3N2O4. The van der Waals surface area contributed by atoms with E-state index in [4.69, 9.17) is 0 Å². The molecule has 0 bridgehead atoms. The average molecular weight is 356 g/mol. The first-order valence-corrected chi connectivity index (χ1v) is 7.18. The van der Waals surface area contributed by atoms with Crippen molar-refractivity contribution in [3.63, 3.8) is 0 Å². The smallest absolute Gasteiger partial charge is 0.406 e. The predicted octanol–water partition coefficient (Wildman–Crippen LogP) is 3.95. The highest BCUT2D eigenvalue weighted by Crippen LogP contribution is 2.25. The molecule has 0 saturated carbocycles. The Morgan fingerprint density at radius 1 is 1.24 bits per heavy atom. The van der Waals surface area contributed by atoms with Crippen molar-refractivity contribution in [2.45, 2.75) is 19.4 Å². The highest BCUT2D eigenvalue weighted by atomic mass is 19.4. The lowest BCUT2D eigenvalue weighted by atomic mass is 10.1. The maximum absolute atomic E-state index is 12.1. The first-order chi connectivity index (χ1) is 11.7. The van der Waals surface area contributed by atoms with E-state index in [1.54, 1.807) is 13.0 Å². The molecule has 6 nitrogen and oxygen atoms in total. The second-order valence-electron chi connectivity index (χ2n) is 5.27. The van der Waals surface area contributed by atoms with Gasteiger partial charge in [0.25, 0.3) is 5.69 Å². The van der Waals surface area contributed by atoms with Gasteiger partial charge in [-0.25, -0.2) is 0 Å². The molecule has 2 aromatic rings. The normalized spacial score (nSPS) is 12.5. The summed E-state index contributed by atoms with van der Waals surface area (Å²) in [5.74, 6) is -0.373. The van der Waals surface area contributed by atoms with Crippen LogP contribution in [0.2, 0.25) is 0 Å². The van der Waals surface area contributed by atoms with Crippen LogP contribution in [0.5, 0.6) is 5.75 Å². The zero-order valence-corrected chi connectivity index (χ0v) is 13.1. The average Bonchev–Trinajstić information content (AvgIpc) is 2.51. The van der Waals surface area contributed by atoms with Gasteiger partial charge in [0, 0.05) is 23.9 Å². The van der Waals surface area contributed by atoms with Crippen LogP contribution in [0.1, 0.15) is 17.2 Å². The minimum atomic E-state index is -4.77. The molecule has 9 heteroatoms. The molecular weight excluding hydrogens is 341 g/mol. The number of anilines is 1. The van der Waals surface area contributed by atoms with Gasteiger partial charge in [0.15, 0.2) is 0 Å². The quantitative estimate of drug-likeness (QED) is 0.605. The van der Waals surface area contributed by atoms with E-state index in [0.29, 0.717) is 16.8 Å². The maximum atomic E-state index is 12.1. The summed E-state index contributed by atoms with van der Waals surface area (Å²) >= 11 is 0. The molecule has 134 valence electrons. The van der Waals surface area contributed by atoms with Crippen molar-refractivity contribution in [3.8, 4) is 5.75 Å². The zero-order valence-electron chi connectivity index (χ0n) is 13.1. The fourth-order valence-corrected chi connectivity index (χ4v) is 2.19. The van der Waals surface area contributed by atoms with E-state index in [2.05, 4.69) is 10.1 Å². The van der Waals surface area contributed by atoms with Gasteiger partial charge in [-0.3, -0.25) is 10.1 Å². The highest BCUT2D eigenvalue weighted by molar-refractivity contribution is 5.53. The number of hydrogen-bond donors (Lipinski definition) is 2. The number of benzene rings is 2. The number of nitrogens with zero attached hydrogens (tertiary/aromatic N) is 1. The molecule has 2 rings (SSSR count). The van der Waals surface area contributed by atoms with Crippen LogP contribution in [-0.4, -0.2) is 22.9 Å². The highest BCUT2D eigenvalue weighted by Gasteiger charge is 2.31. The van der Waals surface area contributed by atoms with Crippen LogP contribution in [0, 0.1) is 17.0 Å². The molecule has 1 unspecified atom stereocenters. The van der Waals surface area contributed by atoms with Gasteiger partial charge in [-0.1, -0.05) is 12.1 Å². The maximum Gasteiger partial charge on any atom is 0.573 e. The molecule has 0 aliphatic heterocycles. The number of aliphatic hydroxyl groups is 1. The summed E-state index contributed by atoms with van der Waals surface area (Å²) < 4.78 is 40.0. The molecule has 25 heavy (non-hydrogen) atoms. The number of alkyl halides is 3. The standard InChI is InChI=1S/C16H15F3N2O4/c1-10-8-12(4-7-14(10)21(23)24)20-9-15(22)11-2-5-13(6-3-11)25-16(17,18)19/h2-8,15,20,22H,9H2,1H3. The lowest BCUT2D eigenvalue weighted by molar-refractivity contribution is -0.385. The minimum absolute atomic E-state index is 0.00801. The van der Waals surface area contributed by atoms with Gasteiger partial charge in [0.05, 0.1) is 11.0 Å². The Hall–Kier alpha value is -2.81. The van der Waals surface area contributed by atoms with Crippen LogP contribution in [0.4, 0.5) is 24.5 Å². The Balaban J connectivity index is 1.97. The van der Waals surface area contributed by atoms with Gasteiger partial charge < -0.3 is 15.2 Å². The summed E-state index contributed by atoms with van der Waals surface area (Å²) in [5.41, 5.74) is 1.45. The molecule has 0 spiro atoms. The Morgan fingerprint density at radius 3 is 2.40 bits per heavy atom. The van der Waals surface area contributed by atoms with Crippen molar-refractivity contribution in [2.75, 3.05) is 11.9 Å². The molecule has 2 aromatic carbocycles.